The van der Waals surface area contributed by atoms with Crippen LogP contribution in [0.4, 0.5) is 5.69 Å². The predicted molar refractivity (Wildman–Crippen MR) is 112 cm³/mol. The van der Waals surface area contributed by atoms with Gasteiger partial charge in [0.2, 0.25) is 0 Å². The number of anilines is 1. The van der Waals surface area contributed by atoms with Gasteiger partial charge in [-0.3, -0.25) is 0 Å². The molecular formula is C17H22ClIN4O2. The lowest BCUT2D eigenvalue weighted by Gasteiger charge is -2.14. The van der Waals surface area contributed by atoms with Crippen LogP contribution in [0.1, 0.15) is 19.4 Å². The SMILES string of the molecule is CCOc1ccc(OCC)c(NC(N)=NCc2ccc(Cl)nc2)c1.I. The van der Waals surface area contributed by atoms with Crippen molar-refractivity contribution in [3.8, 4) is 11.5 Å². The first-order chi connectivity index (χ1) is 11.6. The lowest BCUT2D eigenvalue weighted by Crippen LogP contribution is -2.23. The third kappa shape index (κ3) is 6.95. The number of pyridine rings is 1. The van der Waals surface area contributed by atoms with Crippen LogP contribution >= 0.6 is 35.6 Å². The van der Waals surface area contributed by atoms with Gasteiger partial charge in [-0.1, -0.05) is 17.7 Å². The van der Waals surface area contributed by atoms with Gasteiger partial charge >= 0.3 is 0 Å². The Hall–Kier alpha value is -1.74. The Bertz CT molecular complexity index is 696. The Balaban J connectivity index is 0.00000312. The molecule has 1 aromatic heterocycles. The van der Waals surface area contributed by atoms with Crippen molar-refractivity contribution in [1.82, 2.24) is 4.98 Å². The molecule has 25 heavy (non-hydrogen) atoms. The summed E-state index contributed by atoms with van der Waals surface area (Å²) >= 11 is 5.76. The number of rotatable bonds is 7. The minimum absolute atomic E-state index is 0. The molecule has 6 nitrogen and oxygen atoms in total. The van der Waals surface area contributed by atoms with E-state index in [1.807, 2.05) is 38.1 Å². The van der Waals surface area contributed by atoms with E-state index in [0.717, 1.165) is 11.3 Å². The summed E-state index contributed by atoms with van der Waals surface area (Å²) in [4.78, 5) is 8.31. The topological polar surface area (TPSA) is 81.8 Å². The van der Waals surface area contributed by atoms with Crippen LogP contribution in [0.25, 0.3) is 0 Å². The second kappa shape index (κ2) is 11.0. The van der Waals surface area contributed by atoms with Gasteiger partial charge in [0.15, 0.2) is 5.96 Å². The van der Waals surface area contributed by atoms with Gasteiger partial charge in [0, 0.05) is 12.3 Å². The van der Waals surface area contributed by atoms with Gasteiger partial charge in [-0.05, 0) is 37.6 Å². The van der Waals surface area contributed by atoms with Crippen molar-refractivity contribution < 1.29 is 9.47 Å². The zero-order valence-electron chi connectivity index (χ0n) is 14.2. The molecule has 0 bridgehead atoms. The third-order valence-corrected chi connectivity index (χ3v) is 3.27. The van der Waals surface area contributed by atoms with Gasteiger partial charge in [-0.25, -0.2) is 9.98 Å². The van der Waals surface area contributed by atoms with Crippen molar-refractivity contribution in [1.29, 1.82) is 0 Å². The van der Waals surface area contributed by atoms with Gasteiger partial charge in [-0.15, -0.1) is 24.0 Å². The van der Waals surface area contributed by atoms with E-state index >= 15 is 0 Å². The quantitative estimate of drug-likeness (QED) is 0.272. The van der Waals surface area contributed by atoms with E-state index in [4.69, 9.17) is 26.8 Å². The molecule has 1 heterocycles. The van der Waals surface area contributed by atoms with Crippen LogP contribution in [0.15, 0.2) is 41.5 Å². The number of hydrogen-bond acceptors (Lipinski definition) is 4. The average Bonchev–Trinajstić information content (AvgIpc) is 2.57. The Morgan fingerprint density at radius 1 is 1.20 bits per heavy atom. The maximum absolute atomic E-state index is 5.97. The largest absolute Gasteiger partial charge is 0.494 e. The summed E-state index contributed by atoms with van der Waals surface area (Å²) in [7, 11) is 0. The first-order valence-corrected chi connectivity index (χ1v) is 8.07. The zero-order chi connectivity index (χ0) is 17.4. The molecular weight excluding hydrogens is 455 g/mol. The summed E-state index contributed by atoms with van der Waals surface area (Å²) in [6.07, 6.45) is 1.67. The summed E-state index contributed by atoms with van der Waals surface area (Å²) in [5.41, 5.74) is 7.59. The first kappa shape index (κ1) is 21.3. The molecule has 3 N–H and O–H groups in total. The van der Waals surface area contributed by atoms with Crippen LogP contribution in [-0.4, -0.2) is 24.2 Å². The highest BCUT2D eigenvalue weighted by atomic mass is 127. The molecule has 8 heteroatoms. The number of aromatic nitrogens is 1. The monoisotopic (exact) mass is 476 g/mol. The summed E-state index contributed by atoms with van der Waals surface area (Å²) in [6.45, 7) is 5.39. The molecule has 0 spiro atoms. The minimum Gasteiger partial charge on any atom is -0.494 e. The number of nitrogens with zero attached hydrogens (tertiary/aromatic N) is 2. The average molecular weight is 477 g/mol. The fourth-order valence-corrected chi connectivity index (χ4v) is 2.11. The Kier molecular flexibility index (Phi) is 9.36. The molecule has 0 amide bonds. The molecule has 0 aliphatic rings. The second-order valence-electron chi connectivity index (χ2n) is 4.84. The van der Waals surface area contributed by atoms with Crippen LogP contribution < -0.4 is 20.5 Å². The summed E-state index contributed by atoms with van der Waals surface area (Å²) < 4.78 is 11.1. The van der Waals surface area contributed by atoms with Gasteiger partial charge in [0.05, 0.1) is 25.4 Å². The second-order valence-corrected chi connectivity index (χ2v) is 5.23. The summed E-state index contributed by atoms with van der Waals surface area (Å²) in [5, 5.41) is 3.50. The van der Waals surface area contributed by atoms with Gasteiger partial charge in [-0.2, -0.15) is 0 Å². The van der Waals surface area contributed by atoms with E-state index in [9.17, 15) is 0 Å². The molecule has 0 aliphatic carbocycles. The van der Waals surface area contributed by atoms with E-state index in [1.54, 1.807) is 12.3 Å². The van der Waals surface area contributed by atoms with Crippen LogP contribution in [0.2, 0.25) is 5.15 Å². The van der Waals surface area contributed by atoms with Crippen LogP contribution in [0.5, 0.6) is 11.5 Å². The number of ether oxygens (including phenoxy) is 2. The maximum atomic E-state index is 5.97. The highest BCUT2D eigenvalue weighted by Crippen LogP contribution is 2.29. The number of nitrogens with one attached hydrogen (secondary N) is 1. The molecule has 0 unspecified atom stereocenters. The van der Waals surface area contributed by atoms with Gasteiger partial charge in [0.1, 0.15) is 16.7 Å². The van der Waals surface area contributed by atoms with Crippen LogP contribution in [0, 0.1) is 0 Å². The number of nitrogens with two attached hydrogens (primary N) is 1. The van der Waals surface area contributed by atoms with Crippen molar-refractivity contribution in [2.75, 3.05) is 18.5 Å². The molecule has 0 radical (unpaired) electrons. The molecule has 2 aromatic rings. The summed E-state index contributed by atoms with van der Waals surface area (Å²) in [5.74, 6) is 1.70. The van der Waals surface area contributed by atoms with Crippen molar-refractivity contribution in [3.05, 3.63) is 47.2 Å². The van der Waals surface area contributed by atoms with Crippen molar-refractivity contribution in [2.24, 2.45) is 10.7 Å². The van der Waals surface area contributed by atoms with Crippen molar-refractivity contribution >= 4 is 47.2 Å². The van der Waals surface area contributed by atoms with E-state index in [0.29, 0.717) is 36.3 Å². The highest BCUT2D eigenvalue weighted by molar-refractivity contribution is 14.0. The lowest BCUT2D eigenvalue weighted by molar-refractivity contribution is 0.332. The van der Waals surface area contributed by atoms with E-state index in [-0.39, 0.29) is 29.9 Å². The molecule has 0 atom stereocenters. The predicted octanol–water partition coefficient (Wildman–Crippen LogP) is 4.08. The standard InChI is InChI=1S/C17H21ClN4O2.HI/c1-3-23-13-6-7-15(24-4-2)14(9-13)22-17(19)21-11-12-5-8-16(18)20-10-12;/h5-10H,3-4,11H2,1-2H3,(H3,19,21,22);1H. The Labute approximate surface area is 169 Å². The number of benzene rings is 1. The van der Waals surface area contributed by atoms with Crippen LogP contribution in [0.3, 0.4) is 0 Å². The number of aliphatic imine (C=N–C) groups is 1. The minimum atomic E-state index is 0. The number of halogens is 2. The zero-order valence-corrected chi connectivity index (χ0v) is 17.2. The molecule has 136 valence electrons. The lowest BCUT2D eigenvalue weighted by atomic mass is 10.2. The fraction of sp³-hybridized carbons (Fsp3) is 0.294. The molecule has 0 aliphatic heterocycles. The van der Waals surface area contributed by atoms with Crippen LogP contribution in [-0.2, 0) is 6.54 Å². The van der Waals surface area contributed by atoms with Crippen molar-refractivity contribution in [3.63, 3.8) is 0 Å². The third-order valence-electron chi connectivity index (χ3n) is 3.05. The Morgan fingerprint density at radius 3 is 2.60 bits per heavy atom. The number of hydrogen-bond donors (Lipinski definition) is 2. The van der Waals surface area contributed by atoms with E-state index in [2.05, 4.69) is 15.3 Å². The maximum Gasteiger partial charge on any atom is 0.193 e. The van der Waals surface area contributed by atoms with Gasteiger partial charge in [0.25, 0.3) is 0 Å². The normalized spacial score (nSPS) is 10.8. The first-order valence-electron chi connectivity index (χ1n) is 7.69. The summed E-state index contributed by atoms with van der Waals surface area (Å²) in [6, 6.07) is 9.10. The molecule has 0 saturated carbocycles. The fourth-order valence-electron chi connectivity index (χ4n) is 2.00. The van der Waals surface area contributed by atoms with E-state index in [1.165, 1.54) is 0 Å². The van der Waals surface area contributed by atoms with Gasteiger partial charge < -0.3 is 20.5 Å². The smallest absolute Gasteiger partial charge is 0.193 e. The molecule has 0 fully saturated rings. The Morgan fingerprint density at radius 2 is 1.96 bits per heavy atom. The van der Waals surface area contributed by atoms with Crippen molar-refractivity contribution in [2.45, 2.75) is 20.4 Å². The molecule has 0 saturated heterocycles. The molecule has 2 rings (SSSR count). The number of guanidine groups is 1. The van der Waals surface area contributed by atoms with E-state index < -0.39 is 0 Å². The molecule has 1 aromatic carbocycles. The highest BCUT2D eigenvalue weighted by Gasteiger charge is 2.07.